The SMILES string of the molecule is OC(Cc1ccccc1Cl)(CN(Cc1ccccc1)Cc1ccccc1)C1(Cl)CC1. The van der Waals surface area contributed by atoms with Crippen LogP contribution in [0.5, 0.6) is 0 Å². The lowest BCUT2D eigenvalue weighted by molar-refractivity contribution is -0.0114. The lowest BCUT2D eigenvalue weighted by Crippen LogP contribution is -2.52. The van der Waals surface area contributed by atoms with Crippen molar-refractivity contribution in [3.8, 4) is 0 Å². The molecule has 2 nitrogen and oxygen atoms in total. The summed E-state index contributed by atoms with van der Waals surface area (Å²) in [6, 6.07) is 28.5. The maximum Gasteiger partial charge on any atom is 0.100 e. The average molecular weight is 440 g/mol. The number of hydrogen-bond donors (Lipinski definition) is 1. The summed E-state index contributed by atoms with van der Waals surface area (Å²) >= 11 is 13.3. The Bertz CT molecular complexity index is 918. The third-order valence-electron chi connectivity index (χ3n) is 5.95. The van der Waals surface area contributed by atoms with E-state index in [1.165, 1.54) is 11.1 Å². The Labute approximate surface area is 189 Å². The van der Waals surface area contributed by atoms with Gasteiger partial charge in [-0.1, -0.05) is 90.5 Å². The molecule has 30 heavy (non-hydrogen) atoms. The number of hydrogen-bond acceptors (Lipinski definition) is 2. The van der Waals surface area contributed by atoms with Crippen molar-refractivity contribution >= 4 is 23.2 Å². The summed E-state index contributed by atoms with van der Waals surface area (Å²) in [5, 5.41) is 12.6. The van der Waals surface area contributed by atoms with Crippen LogP contribution in [-0.2, 0) is 19.5 Å². The van der Waals surface area contributed by atoms with Crippen molar-refractivity contribution in [2.75, 3.05) is 6.54 Å². The van der Waals surface area contributed by atoms with E-state index in [0.717, 1.165) is 31.5 Å². The minimum Gasteiger partial charge on any atom is -0.386 e. The number of aliphatic hydroxyl groups is 1. The predicted octanol–water partition coefficient (Wildman–Crippen LogP) is 6.09. The van der Waals surface area contributed by atoms with Gasteiger partial charge < -0.3 is 5.11 Å². The van der Waals surface area contributed by atoms with Crippen molar-refractivity contribution in [3.63, 3.8) is 0 Å². The first kappa shape index (κ1) is 21.4. The second-order valence-electron chi connectivity index (χ2n) is 8.38. The quantitative estimate of drug-likeness (QED) is 0.407. The van der Waals surface area contributed by atoms with E-state index in [1.54, 1.807) is 0 Å². The summed E-state index contributed by atoms with van der Waals surface area (Å²) in [5.41, 5.74) is 2.30. The van der Waals surface area contributed by atoms with Gasteiger partial charge in [0.1, 0.15) is 5.60 Å². The van der Waals surface area contributed by atoms with Gasteiger partial charge in [-0.3, -0.25) is 4.90 Å². The van der Waals surface area contributed by atoms with E-state index in [2.05, 4.69) is 53.4 Å². The molecule has 0 amide bonds. The summed E-state index contributed by atoms with van der Waals surface area (Å²) in [7, 11) is 0. The Morgan fingerprint density at radius 2 is 1.30 bits per heavy atom. The molecule has 0 aromatic heterocycles. The van der Waals surface area contributed by atoms with Crippen LogP contribution in [-0.4, -0.2) is 27.0 Å². The molecule has 3 aromatic rings. The molecule has 1 N–H and O–H groups in total. The van der Waals surface area contributed by atoms with E-state index in [0.29, 0.717) is 18.0 Å². The molecule has 1 unspecified atom stereocenters. The molecular formula is C26H27Cl2NO. The van der Waals surface area contributed by atoms with Crippen LogP contribution in [0.15, 0.2) is 84.9 Å². The van der Waals surface area contributed by atoms with Crippen LogP contribution in [0.4, 0.5) is 0 Å². The third kappa shape index (κ3) is 5.07. The fraction of sp³-hybridized carbons (Fsp3) is 0.308. The van der Waals surface area contributed by atoms with E-state index in [-0.39, 0.29) is 0 Å². The van der Waals surface area contributed by atoms with Crippen molar-refractivity contribution in [1.82, 2.24) is 4.90 Å². The Morgan fingerprint density at radius 3 is 1.80 bits per heavy atom. The van der Waals surface area contributed by atoms with Crippen molar-refractivity contribution < 1.29 is 5.11 Å². The Balaban J connectivity index is 1.61. The second-order valence-corrected chi connectivity index (χ2v) is 9.51. The van der Waals surface area contributed by atoms with E-state index in [4.69, 9.17) is 23.2 Å². The first-order chi connectivity index (χ1) is 14.5. The van der Waals surface area contributed by atoms with Gasteiger partial charge in [0.2, 0.25) is 0 Å². The molecule has 1 atom stereocenters. The minimum atomic E-state index is -1.07. The smallest absolute Gasteiger partial charge is 0.100 e. The zero-order chi connectivity index (χ0) is 21.0. The molecule has 0 radical (unpaired) electrons. The van der Waals surface area contributed by atoms with Gasteiger partial charge in [0.15, 0.2) is 0 Å². The van der Waals surface area contributed by atoms with Crippen molar-refractivity contribution in [3.05, 3.63) is 107 Å². The molecule has 1 saturated carbocycles. The molecule has 0 bridgehead atoms. The van der Waals surface area contributed by atoms with Crippen LogP contribution in [0.25, 0.3) is 0 Å². The Kier molecular flexibility index (Phi) is 6.50. The first-order valence-electron chi connectivity index (χ1n) is 10.4. The summed E-state index contributed by atoms with van der Waals surface area (Å²) in [5.74, 6) is 0. The van der Waals surface area contributed by atoms with Crippen LogP contribution >= 0.6 is 23.2 Å². The van der Waals surface area contributed by atoms with Gasteiger partial charge in [0.05, 0.1) is 4.87 Å². The zero-order valence-corrected chi connectivity index (χ0v) is 18.5. The van der Waals surface area contributed by atoms with Crippen LogP contribution in [0.2, 0.25) is 5.02 Å². The number of halogens is 2. The molecule has 1 fully saturated rings. The molecule has 1 aliphatic rings. The minimum absolute atomic E-state index is 0.441. The van der Waals surface area contributed by atoms with Gasteiger partial charge in [-0.2, -0.15) is 0 Å². The van der Waals surface area contributed by atoms with Crippen LogP contribution in [0, 0.1) is 0 Å². The number of nitrogens with zero attached hydrogens (tertiary/aromatic N) is 1. The van der Waals surface area contributed by atoms with E-state index in [9.17, 15) is 5.11 Å². The monoisotopic (exact) mass is 439 g/mol. The van der Waals surface area contributed by atoms with Gasteiger partial charge in [0, 0.05) is 31.1 Å². The number of rotatable bonds is 9. The number of alkyl halides is 1. The highest BCUT2D eigenvalue weighted by molar-refractivity contribution is 6.31. The summed E-state index contributed by atoms with van der Waals surface area (Å²) in [6.45, 7) is 1.96. The average Bonchev–Trinajstić information content (AvgIpc) is 3.50. The summed E-state index contributed by atoms with van der Waals surface area (Å²) < 4.78 is 0. The maximum atomic E-state index is 11.9. The molecule has 3 aromatic carbocycles. The van der Waals surface area contributed by atoms with Crippen molar-refractivity contribution in [2.45, 2.75) is 42.8 Å². The van der Waals surface area contributed by atoms with E-state index < -0.39 is 10.5 Å². The van der Waals surface area contributed by atoms with Gasteiger partial charge in [-0.05, 0) is 35.6 Å². The van der Waals surface area contributed by atoms with Crippen LogP contribution in [0.1, 0.15) is 29.5 Å². The topological polar surface area (TPSA) is 23.5 Å². The molecule has 0 saturated heterocycles. The summed E-state index contributed by atoms with van der Waals surface area (Å²) in [4.78, 5) is 1.70. The zero-order valence-electron chi connectivity index (χ0n) is 17.0. The van der Waals surface area contributed by atoms with E-state index >= 15 is 0 Å². The highest BCUT2D eigenvalue weighted by Crippen LogP contribution is 2.53. The van der Waals surface area contributed by atoms with Crippen molar-refractivity contribution in [2.24, 2.45) is 0 Å². The molecule has 0 heterocycles. The lowest BCUT2D eigenvalue weighted by atomic mass is 9.88. The van der Waals surface area contributed by atoms with Gasteiger partial charge in [0.25, 0.3) is 0 Å². The Morgan fingerprint density at radius 1 is 0.800 bits per heavy atom. The van der Waals surface area contributed by atoms with Crippen LogP contribution in [0.3, 0.4) is 0 Å². The second kappa shape index (κ2) is 9.11. The highest BCUT2D eigenvalue weighted by Gasteiger charge is 2.58. The standard InChI is InChI=1S/C26H27Cl2NO/c27-24-14-8-7-13-23(24)17-26(30,25(28)15-16-25)20-29(18-21-9-3-1-4-10-21)19-22-11-5-2-6-12-22/h1-14,30H,15-20H2. The predicted molar refractivity (Wildman–Crippen MR) is 125 cm³/mol. The van der Waals surface area contributed by atoms with E-state index in [1.807, 2.05) is 36.4 Å². The first-order valence-corrected chi connectivity index (χ1v) is 11.2. The molecule has 4 heteroatoms. The van der Waals surface area contributed by atoms with Crippen molar-refractivity contribution in [1.29, 1.82) is 0 Å². The van der Waals surface area contributed by atoms with Gasteiger partial charge in [-0.15, -0.1) is 11.6 Å². The lowest BCUT2D eigenvalue weighted by Gasteiger charge is -2.38. The van der Waals surface area contributed by atoms with Crippen LogP contribution < -0.4 is 0 Å². The fourth-order valence-electron chi connectivity index (χ4n) is 4.11. The molecule has 4 rings (SSSR count). The van der Waals surface area contributed by atoms with Gasteiger partial charge >= 0.3 is 0 Å². The summed E-state index contributed by atoms with van der Waals surface area (Å²) in [6.07, 6.45) is 2.08. The normalized spacial score (nSPS) is 16.9. The molecule has 156 valence electrons. The molecule has 0 spiro atoms. The third-order valence-corrected chi connectivity index (χ3v) is 7.05. The molecule has 1 aliphatic carbocycles. The molecular weight excluding hydrogens is 413 g/mol. The molecule has 0 aliphatic heterocycles. The number of benzene rings is 3. The fourth-order valence-corrected chi connectivity index (χ4v) is 4.53. The largest absolute Gasteiger partial charge is 0.386 e. The highest BCUT2D eigenvalue weighted by atomic mass is 35.5. The maximum absolute atomic E-state index is 11.9. The van der Waals surface area contributed by atoms with Gasteiger partial charge in [-0.25, -0.2) is 0 Å². The Hall–Kier alpha value is -1.84.